The number of fused-ring (bicyclic) bond motifs is 12. The van der Waals surface area contributed by atoms with Gasteiger partial charge >= 0.3 is 0 Å². The Bertz CT molecular complexity index is 3430. The Morgan fingerprint density at radius 1 is 0.241 bits per heavy atom. The molecule has 0 radical (unpaired) electrons. The molecule has 0 spiro atoms. The summed E-state index contributed by atoms with van der Waals surface area (Å²) < 4.78 is 5.37. The van der Waals surface area contributed by atoms with Gasteiger partial charge in [0, 0.05) is 45.7 Å². The van der Waals surface area contributed by atoms with E-state index in [1.807, 2.05) is 22.7 Å². The van der Waals surface area contributed by atoms with Gasteiger partial charge in [-0.05, 0) is 107 Å². The lowest BCUT2D eigenvalue weighted by Gasteiger charge is -2.18. The van der Waals surface area contributed by atoms with Crippen LogP contribution in [0.3, 0.4) is 0 Å². The smallest absolute Gasteiger partial charge is 0.0362 e. The molecule has 10 aromatic carbocycles. The summed E-state index contributed by atoms with van der Waals surface area (Å²) in [6.45, 7) is 0. The number of thiophene rings is 2. The normalized spacial score (nSPS) is 12.1. The second-order valence-corrected chi connectivity index (χ2v) is 16.5. The molecule has 0 N–H and O–H groups in total. The van der Waals surface area contributed by atoms with Crippen LogP contribution in [-0.2, 0) is 0 Å². The first-order valence-electron chi connectivity index (χ1n) is 18.5. The lowest BCUT2D eigenvalue weighted by molar-refractivity contribution is 1.64. The molecule has 12 rings (SSSR count). The molecule has 0 amide bonds. The first kappa shape index (κ1) is 30.2. The fraction of sp³-hybridized carbons (Fsp3) is 0. The topological polar surface area (TPSA) is 0 Å². The first-order chi connectivity index (χ1) is 26.8. The Kier molecular flexibility index (Phi) is 6.48. The van der Waals surface area contributed by atoms with Crippen molar-refractivity contribution in [1.29, 1.82) is 0 Å². The maximum absolute atomic E-state index is 2.45. The molecule has 0 nitrogen and oxygen atoms in total. The Hall–Kier alpha value is -6.32. The monoisotopic (exact) mass is 718 g/mol. The molecule has 0 saturated carbocycles. The summed E-state index contributed by atoms with van der Waals surface area (Å²) in [5, 5.41) is 15.8. The minimum absolute atomic E-state index is 1.24. The Labute approximate surface area is 319 Å². The van der Waals surface area contributed by atoms with Crippen molar-refractivity contribution >= 4 is 106 Å². The van der Waals surface area contributed by atoms with Crippen LogP contribution in [0.25, 0.3) is 117 Å². The van der Waals surface area contributed by atoms with Crippen molar-refractivity contribution in [2.75, 3.05) is 0 Å². The van der Waals surface area contributed by atoms with Crippen LogP contribution in [0.4, 0.5) is 0 Å². The van der Waals surface area contributed by atoms with Crippen LogP contribution in [0, 0.1) is 0 Å². The zero-order valence-corrected chi connectivity index (χ0v) is 30.8. The van der Waals surface area contributed by atoms with E-state index in [-0.39, 0.29) is 0 Å². The summed E-state index contributed by atoms with van der Waals surface area (Å²) >= 11 is 3.81. The van der Waals surface area contributed by atoms with Gasteiger partial charge in [0.25, 0.3) is 0 Å². The highest BCUT2D eigenvalue weighted by molar-refractivity contribution is 7.27. The van der Waals surface area contributed by atoms with Crippen molar-refractivity contribution in [1.82, 2.24) is 0 Å². The van der Waals surface area contributed by atoms with Gasteiger partial charge in [0.1, 0.15) is 0 Å². The van der Waals surface area contributed by atoms with Crippen LogP contribution in [0.5, 0.6) is 0 Å². The van der Waals surface area contributed by atoms with E-state index in [1.165, 1.54) is 117 Å². The Morgan fingerprint density at radius 2 is 0.704 bits per heavy atom. The summed E-state index contributed by atoms with van der Waals surface area (Å²) in [7, 11) is 0. The number of benzene rings is 10. The van der Waals surface area contributed by atoms with E-state index in [4.69, 9.17) is 0 Å². The summed E-state index contributed by atoms with van der Waals surface area (Å²) in [4.78, 5) is 0. The fourth-order valence-corrected chi connectivity index (χ4v) is 11.3. The van der Waals surface area contributed by atoms with Gasteiger partial charge in [-0.25, -0.2) is 0 Å². The minimum Gasteiger partial charge on any atom is -0.135 e. The standard InChI is InChI=1S/C52H30S2/c1-2-10-31(11-3-1)33-18-19-35-29-36(21-20-34(35)28-33)48-38-12-4-6-14-40(38)49(41-15-7-5-13-39(41)48)37-22-25-43-47(30-37)54-46-27-24-32-23-26-45-51(50(32)52(43)46)42-16-8-9-17-44(42)53-45/h1-30H. The van der Waals surface area contributed by atoms with Gasteiger partial charge in [-0.15, -0.1) is 22.7 Å². The van der Waals surface area contributed by atoms with Gasteiger partial charge in [0.05, 0.1) is 0 Å². The average Bonchev–Trinajstić information content (AvgIpc) is 3.81. The molecule has 0 unspecified atom stereocenters. The molecular weight excluding hydrogens is 689 g/mol. The first-order valence-corrected chi connectivity index (χ1v) is 20.1. The van der Waals surface area contributed by atoms with E-state index in [1.54, 1.807) is 0 Å². The quantitative estimate of drug-likeness (QED) is 0.160. The zero-order valence-electron chi connectivity index (χ0n) is 29.1. The molecule has 2 aromatic heterocycles. The molecule has 2 heteroatoms. The molecule has 0 saturated heterocycles. The Balaban J connectivity index is 1.07. The summed E-state index contributed by atoms with van der Waals surface area (Å²) in [6, 6.07) is 67.8. The molecule has 2 heterocycles. The lowest BCUT2D eigenvalue weighted by Crippen LogP contribution is -1.91. The van der Waals surface area contributed by atoms with Gasteiger partial charge in [0.2, 0.25) is 0 Å². The third kappa shape index (κ3) is 4.42. The number of hydrogen-bond donors (Lipinski definition) is 0. The predicted octanol–water partition coefficient (Wildman–Crippen LogP) is 16.0. The van der Waals surface area contributed by atoms with Crippen LogP contribution in [0.2, 0.25) is 0 Å². The van der Waals surface area contributed by atoms with Crippen molar-refractivity contribution in [3.8, 4) is 33.4 Å². The van der Waals surface area contributed by atoms with E-state index >= 15 is 0 Å². The van der Waals surface area contributed by atoms with Crippen LogP contribution < -0.4 is 0 Å². The largest absolute Gasteiger partial charge is 0.135 e. The molecule has 0 aliphatic heterocycles. The van der Waals surface area contributed by atoms with Crippen molar-refractivity contribution in [3.63, 3.8) is 0 Å². The molecule has 12 aromatic rings. The molecule has 54 heavy (non-hydrogen) atoms. The highest BCUT2D eigenvalue weighted by atomic mass is 32.1. The van der Waals surface area contributed by atoms with Gasteiger partial charge in [-0.2, -0.15) is 0 Å². The van der Waals surface area contributed by atoms with Crippen molar-refractivity contribution in [2.45, 2.75) is 0 Å². The molecule has 0 aliphatic rings. The van der Waals surface area contributed by atoms with E-state index in [0.29, 0.717) is 0 Å². The van der Waals surface area contributed by atoms with E-state index in [0.717, 1.165) is 0 Å². The van der Waals surface area contributed by atoms with Crippen LogP contribution >= 0.6 is 22.7 Å². The van der Waals surface area contributed by atoms with Crippen molar-refractivity contribution in [2.24, 2.45) is 0 Å². The number of rotatable bonds is 3. The summed E-state index contributed by atoms with van der Waals surface area (Å²) in [5.74, 6) is 0. The molecule has 0 aliphatic carbocycles. The molecule has 250 valence electrons. The van der Waals surface area contributed by atoms with E-state index < -0.39 is 0 Å². The SMILES string of the molecule is c1ccc(-c2ccc3cc(-c4c5ccccc5c(-c5ccc6c(c5)sc5ccc7ccc8sc9ccccc9c8c7c56)c5ccccc45)ccc3c2)cc1. The molecule has 0 fully saturated rings. The molecular formula is C52H30S2. The van der Waals surface area contributed by atoms with E-state index in [2.05, 4.69) is 182 Å². The second-order valence-electron chi connectivity index (χ2n) is 14.4. The average molecular weight is 719 g/mol. The molecule has 0 atom stereocenters. The van der Waals surface area contributed by atoms with Gasteiger partial charge in [0.15, 0.2) is 0 Å². The van der Waals surface area contributed by atoms with E-state index in [9.17, 15) is 0 Å². The lowest BCUT2D eigenvalue weighted by atomic mass is 9.85. The maximum Gasteiger partial charge on any atom is 0.0362 e. The van der Waals surface area contributed by atoms with Gasteiger partial charge in [-0.3, -0.25) is 0 Å². The fourth-order valence-electron chi connectivity index (χ4n) is 9.01. The van der Waals surface area contributed by atoms with Gasteiger partial charge < -0.3 is 0 Å². The summed E-state index contributed by atoms with van der Waals surface area (Å²) in [5.41, 5.74) is 7.58. The van der Waals surface area contributed by atoms with Crippen LogP contribution in [0.15, 0.2) is 182 Å². The zero-order chi connectivity index (χ0) is 35.3. The second kappa shape index (κ2) is 11.6. The maximum atomic E-state index is 2.45. The van der Waals surface area contributed by atoms with Crippen LogP contribution in [-0.4, -0.2) is 0 Å². The van der Waals surface area contributed by atoms with Crippen LogP contribution in [0.1, 0.15) is 0 Å². The predicted molar refractivity (Wildman–Crippen MR) is 239 cm³/mol. The highest BCUT2D eigenvalue weighted by Crippen LogP contribution is 2.48. The highest BCUT2D eigenvalue weighted by Gasteiger charge is 2.19. The summed E-state index contributed by atoms with van der Waals surface area (Å²) in [6.07, 6.45) is 0. The number of hydrogen-bond acceptors (Lipinski definition) is 2. The molecule has 0 bridgehead atoms. The minimum atomic E-state index is 1.24. The third-order valence-electron chi connectivity index (χ3n) is 11.4. The third-order valence-corrected chi connectivity index (χ3v) is 13.7. The van der Waals surface area contributed by atoms with Crippen molar-refractivity contribution in [3.05, 3.63) is 182 Å². The van der Waals surface area contributed by atoms with Crippen molar-refractivity contribution < 1.29 is 0 Å². The van der Waals surface area contributed by atoms with Gasteiger partial charge in [-0.1, -0.05) is 146 Å². The Morgan fingerprint density at radius 3 is 1.35 bits per heavy atom.